The summed E-state index contributed by atoms with van der Waals surface area (Å²) in [6.07, 6.45) is 1.47. The molecular weight excluding hydrogens is 266 g/mol. The molecule has 0 bridgehead atoms. The van der Waals surface area contributed by atoms with Gasteiger partial charge in [0, 0.05) is 11.8 Å². The summed E-state index contributed by atoms with van der Waals surface area (Å²) in [7, 11) is 0. The van der Waals surface area contributed by atoms with E-state index >= 15 is 0 Å². The van der Waals surface area contributed by atoms with Gasteiger partial charge in [-0.05, 0) is 36.1 Å². The Morgan fingerprint density at radius 3 is 2.76 bits per heavy atom. The Labute approximate surface area is 124 Å². The summed E-state index contributed by atoms with van der Waals surface area (Å²) >= 11 is 0. The SMILES string of the molecule is Cc1ccc(C(C)C)cc1OCc1cccnc1C(=O)O. The molecule has 110 valence electrons. The van der Waals surface area contributed by atoms with E-state index in [0.717, 1.165) is 11.3 Å². The van der Waals surface area contributed by atoms with Gasteiger partial charge < -0.3 is 9.84 Å². The number of nitrogens with zero attached hydrogens (tertiary/aromatic N) is 1. The molecule has 1 heterocycles. The maximum Gasteiger partial charge on any atom is 0.354 e. The van der Waals surface area contributed by atoms with Crippen molar-refractivity contribution in [2.75, 3.05) is 0 Å². The molecule has 1 aromatic heterocycles. The van der Waals surface area contributed by atoms with Crippen LogP contribution < -0.4 is 4.74 Å². The number of carbonyl (C=O) groups is 1. The van der Waals surface area contributed by atoms with Crippen LogP contribution >= 0.6 is 0 Å². The maximum absolute atomic E-state index is 11.1. The molecule has 0 saturated carbocycles. The van der Waals surface area contributed by atoms with Crippen LogP contribution in [0.15, 0.2) is 36.5 Å². The Kier molecular flexibility index (Phi) is 4.58. The monoisotopic (exact) mass is 285 g/mol. The number of benzene rings is 1. The predicted molar refractivity (Wildman–Crippen MR) is 80.8 cm³/mol. The highest BCUT2D eigenvalue weighted by Gasteiger charge is 2.12. The third kappa shape index (κ3) is 3.60. The van der Waals surface area contributed by atoms with E-state index in [1.807, 2.05) is 19.1 Å². The molecule has 0 unspecified atom stereocenters. The van der Waals surface area contributed by atoms with E-state index in [0.29, 0.717) is 11.5 Å². The molecule has 0 amide bonds. The molecule has 4 heteroatoms. The van der Waals surface area contributed by atoms with Crippen molar-refractivity contribution in [3.8, 4) is 5.75 Å². The fraction of sp³-hybridized carbons (Fsp3) is 0.294. The smallest absolute Gasteiger partial charge is 0.354 e. The molecule has 4 nitrogen and oxygen atoms in total. The molecule has 0 aliphatic carbocycles. The van der Waals surface area contributed by atoms with Crippen molar-refractivity contribution in [2.24, 2.45) is 0 Å². The van der Waals surface area contributed by atoms with Gasteiger partial charge in [0.05, 0.1) is 0 Å². The van der Waals surface area contributed by atoms with Crippen LogP contribution in [0, 0.1) is 6.92 Å². The van der Waals surface area contributed by atoms with Gasteiger partial charge in [-0.1, -0.05) is 32.0 Å². The fourth-order valence-corrected chi connectivity index (χ4v) is 2.03. The van der Waals surface area contributed by atoms with Crippen LogP contribution in [0.3, 0.4) is 0 Å². The summed E-state index contributed by atoms with van der Waals surface area (Å²) in [5, 5.41) is 9.12. The number of aromatic carboxylic acids is 1. The van der Waals surface area contributed by atoms with Gasteiger partial charge in [-0.15, -0.1) is 0 Å². The maximum atomic E-state index is 11.1. The molecule has 0 aliphatic rings. The van der Waals surface area contributed by atoms with Gasteiger partial charge in [0.25, 0.3) is 0 Å². The number of ether oxygens (including phenoxy) is 1. The highest BCUT2D eigenvalue weighted by molar-refractivity contribution is 5.86. The van der Waals surface area contributed by atoms with Gasteiger partial charge in [0.1, 0.15) is 12.4 Å². The Bertz CT molecular complexity index is 650. The van der Waals surface area contributed by atoms with Crippen LogP contribution in [0.5, 0.6) is 5.75 Å². The first-order chi connectivity index (χ1) is 9.99. The van der Waals surface area contributed by atoms with Crippen LogP contribution in [0.1, 0.15) is 46.9 Å². The predicted octanol–water partition coefficient (Wildman–Crippen LogP) is 3.79. The van der Waals surface area contributed by atoms with Gasteiger partial charge in [-0.25, -0.2) is 9.78 Å². The standard InChI is InChI=1S/C17H19NO3/c1-11(2)13-7-6-12(3)15(9-13)21-10-14-5-4-8-18-16(14)17(19)20/h4-9,11H,10H2,1-3H3,(H,19,20). The quantitative estimate of drug-likeness (QED) is 0.908. The van der Waals surface area contributed by atoms with Crippen molar-refractivity contribution in [1.29, 1.82) is 0 Å². The van der Waals surface area contributed by atoms with E-state index in [-0.39, 0.29) is 12.3 Å². The van der Waals surface area contributed by atoms with E-state index in [4.69, 9.17) is 9.84 Å². The van der Waals surface area contributed by atoms with Crippen LogP contribution in [0.4, 0.5) is 0 Å². The van der Waals surface area contributed by atoms with Crippen LogP contribution in [-0.4, -0.2) is 16.1 Å². The first-order valence-electron chi connectivity index (χ1n) is 6.89. The molecule has 0 spiro atoms. The van der Waals surface area contributed by atoms with Crippen molar-refractivity contribution in [3.63, 3.8) is 0 Å². The highest BCUT2D eigenvalue weighted by Crippen LogP contribution is 2.25. The number of pyridine rings is 1. The third-order valence-electron chi connectivity index (χ3n) is 3.36. The van der Waals surface area contributed by atoms with E-state index < -0.39 is 5.97 Å². The van der Waals surface area contributed by atoms with Gasteiger partial charge in [-0.3, -0.25) is 0 Å². The molecule has 0 radical (unpaired) electrons. The highest BCUT2D eigenvalue weighted by atomic mass is 16.5. The molecule has 1 N–H and O–H groups in total. The second-order valence-corrected chi connectivity index (χ2v) is 5.28. The Hall–Kier alpha value is -2.36. The summed E-state index contributed by atoms with van der Waals surface area (Å²) in [6.45, 7) is 6.41. The van der Waals surface area contributed by atoms with Gasteiger partial charge in [0.15, 0.2) is 5.69 Å². The molecule has 2 aromatic rings. The molecule has 21 heavy (non-hydrogen) atoms. The van der Waals surface area contributed by atoms with Crippen molar-refractivity contribution in [2.45, 2.75) is 33.3 Å². The Morgan fingerprint density at radius 1 is 1.33 bits per heavy atom. The Morgan fingerprint density at radius 2 is 2.10 bits per heavy atom. The molecule has 1 aromatic carbocycles. The number of carboxylic acid groups (broad SMARTS) is 1. The van der Waals surface area contributed by atoms with E-state index in [1.54, 1.807) is 12.1 Å². The van der Waals surface area contributed by atoms with Gasteiger partial charge in [0.2, 0.25) is 0 Å². The lowest BCUT2D eigenvalue weighted by Gasteiger charge is -2.13. The molecule has 0 fully saturated rings. The lowest BCUT2D eigenvalue weighted by Crippen LogP contribution is -2.08. The largest absolute Gasteiger partial charge is 0.489 e. The summed E-state index contributed by atoms with van der Waals surface area (Å²) < 4.78 is 5.80. The summed E-state index contributed by atoms with van der Waals surface area (Å²) in [4.78, 5) is 15.0. The zero-order valence-corrected chi connectivity index (χ0v) is 12.5. The lowest BCUT2D eigenvalue weighted by molar-refractivity contribution is 0.0687. The minimum atomic E-state index is -1.04. The number of hydrogen-bond acceptors (Lipinski definition) is 3. The zero-order chi connectivity index (χ0) is 15.4. The number of carboxylic acids is 1. The van der Waals surface area contributed by atoms with Gasteiger partial charge >= 0.3 is 5.97 Å². The fourth-order valence-electron chi connectivity index (χ4n) is 2.03. The minimum Gasteiger partial charge on any atom is -0.489 e. The topological polar surface area (TPSA) is 59.4 Å². The lowest BCUT2D eigenvalue weighted by atomic mass is 10.0. The van der Waals surface area contributed by atoms with Crippen molar-refractivity contribution in [3.05, 3.63) is 58.9 Å². The van der Waals surface area contributed by atoms with Crippen molar-refractivity contribution in [1.82, 2.24) is 4.98 Å². The van der Waals surface area contributed by atoms with Crippen molar-refractivity contribution >= 4 is 5.97 Å². The van der Waals surface area contributed by atoms with Crippen molar-refractivity contribution < 1.29 is 14.6 Å². The number of aryl methyl sites for hydroxylation is 1. The molecule has 0 saturated heterocycles. The summed E-state index contributed by atoms with van der Waals surface area (Å²) in [5.41, 5.74) is 2.83. The average Bonchev–Trinajstić information content (AvgIpc) is 2.46. The Balaban J connectivity index is 2.20. The van der Waals surface area contributed by atoms with Crippen LogP contribution in [0.25, 0.3) is 0 Å². The summed E-state index contributed by atoms with van der Waals surface area (Å²) in [6, 6.07) is 9.54. The normalized spacial score (nSPS) is 10.7. The van der Waals surface area contributed by atoms with Crippen LogP contribution in [-0.2, 0) is 6.61 Å². The second kappa shape index (κ2) is 6.39. The number of aromatic nitrogens is 1. The molecule has 0 atom stereocenters. The molecule has 2 rings (SSSR count). The average molecular weight is 285 g/mol. The molecule has 0 aliphatic heterocycles. The molecular formula is C17H19NO3. The zero-order valence-electron chi connectivity index (χ0n) is 12.5. The first-order valence-corrected chi connectivity index (χ1v) is 6.89. The van der Waals surface area contributed by atoms with Crippen LogP contribution in [0.2, 0.25) is 0 Å². The first kappa shape index (κ1) is 15.0. The number of rotatable bonds is 5. The number of hydrogen-bond donors (Lipinski definition) is 1. The van der Waals surface area contributed by atoms with E-state index in [2.05, 4.69) is 24.9 Å². The third-order valence-corrected chi connectivity index (χ3v) is 3.36. The van der Waals surface area contributed by atoms with E-state index in [1.165, 1.54) is 11.8 Å². The summed E-state index contributed by atoms with van der Waals surface area (Å²) in [5.74, 6) is 0.157. The van der Waals surface area contributed by atoms with E-state index in [9.17, 15) is 4.79 Å². The minimum absolute atomic E-state index is 0.0372. The second-order valence-electron chi connectivity index (χ2n) is 5.28. The van der Waals surface area contributed by atoms with Gasteiger partial charge in [-0.2, -0.15) is 0 Å².